The molecule has 2 amide bonds. The second-order valence-electron chi connectivity index (χ2n) is 6.42. The standard InChI is InChI=1S/C20H19F3N2O3/c21-20(22,23)28-15-10-8-14(9-11-15)18(26)24-17-7-3-2-6-16(17)19(27)25-12-4-1-5-13-25/h2-3,6-11H,1,4-5,12-13H2,(H,24,26). The summed E-state index contributed by atoms with van der Waals surface area (Å²) < 4.78 is 40.5. The van der Waals surface area contributed by atoms with Gasteiger partial charge in [0.15, 0.2) is 0 Å². The van der Waals surface area contributed by atoms with Gasteiger partial charge in [-0.15, -0.1) is 13.2 Å². The number of rotatable bonds is 4. The molecule has 0 atom stereocenters. The summed E-state index contributed by atoms with van der Waals surface area (Å²) >= 11 is 0. The zero-order valence-corrected chi connectivity index (χ0v) is 15.0. The average Bonchev–Trinajstić information content (AvgIpc) is 2.68. The molecular weight excluding hydrogens is 373 g/mol. The molecule has 28 heavy (non-hydrogen) atoms. The van der Waals surface area contributed by atoms with Crippen molar-refractivity contribution in [3.63, 3.8) is 0 Å². The van der Waals surface area contributed by atoms with E-state index < -0.39 is 18.0 Å². The Labute approximate surface area is 160 Å². The smallest absolute Gasteiger partial charge is 0.406 e. The van der Waals surface area contributed by atoms with Gasteiger partial charge in [-0.05, 0) is 55.7 Å². The highest BCUT2D eigenvalue weighted by atomic mass is 19.4. The number of anilines is 1. The van der Waals surface area contributed by atoms with Crippen LogP contribution in [0.5, 0.6) is 5.75 Å². The quantitative estimate of drug-likeness (QED) is 0.836. The van der Waals surface area contributed by atoms with E-state index in [0.717, 1.165) is 31.4 Å². The zero-order valence-electron chi connectivity index (χ0n) is 15.0. The fourth-order valence-corrected chi connectivity index (χ4v) is 3.05. The van der Waals surface area contributed by atoms with Crippen LogP contribution in [0.4, 0.5) is 18.9 Å². The number of para-hydroxylation sites is 1. The SMILES string of the molecule is O=C(Nc1ccccc1C(=O)N1CCCCC1)c1ccc(OC(F)(F)F)cc1. The van der Waals surface area contributed by atoms with Gasteiger partial charge in [0, 0.05) is 18.7 Å². The summed E-state index contributed by atoms with van der Waals surface area (Å²) in [6.07, 6.45) is -1.80. The Bertz CT molecular complexity index is 845. The van der Waals surface area contributed by atoms with Crippen LogP contribution in [0.3, 0.4) is 0 Å². The number of carbonyl (C=O) groups excluding carboxylic acids is 2. The number of amides is 2. The van der Waals surface area contributed by atoms with E-state index in [-0.39, 0.29) is 11.5 Å². The second kappa shape index (κ2) is 8.33. The first-order valence-electron chi connectivity index (χ1n) is 8.89. The first-order valence-corrected chi connectivity index (χ1v) is 8.89. The maximum Gasteiger partial charge on any atom is 0.573 e. The third-order valence-electron chi connectivity index (χ3n) is 4.40. The third kappa shape index (κ3) is 5.03. The number of likely N-dealkylation sites (tertiary alicyclic amines) is 1. The van der Waals surface area contributed by atoms with Gasteiger partial charge in [0.1, 0.15) is 5.75 Å². The van der Waals surface area contributed by atoms with Crippen molar-refractivity contribution in [1.29, 1.82) is 0 Å². The second-order valence-corrected chi connectivity index (χ2v) is 6.42. The molecule has 0 saturated carbocycles. The topological polar surface area (TPSA) is 58.6 Å². The number of ether oxygens (including phenoxy) is 1. The average molecular weight is 392 g/mol. The number of nitrogens with one attached hydrogen (secondary N) is 1. The lowest BCUT2D eigenvalue weighted by Gasteiger charge is -2.27. The normalized spacial score (nSPS) is 14.5. The molecule has 0 spiro atoms. The first-order chi connectivity index (χ1) is 13.3. The summed E-state index contributed by atoms with van der Waals surface area (Å²) in [6, 6.07) is 11.3. The molecule has 0 aliphatic carbocycles. The van der Waals surface area contributed by atoms with Crippen molar-refractivity contribution in [2.24, 2.45) is 0 Å². The molecular formula is C20H19F3N2O3. The number of carbonyl (C=O) groups is 2. The van der Waals surface area contributed by atoms with Crippen LogP contribution < -0.4 is 10.1 Å². The van der Waals surface area contributed by atoms with E-state index in [1.54, 1.807) is 29.2 Å². The highest BCUT2D eigenvalue weighted by molar-refractivity contribution is 6.09. The van der Waals surface area contributed by atoms with Gasteiger partial charge >= 0.3 is 6.36 Å². The molecule has 1 N–H and O–H groups in total. The van der Waals surface area contributed by atoms with Crippen LogP contribution in [0.2, 0.25) is 0 Å². The number of hydrogen-bond donors (Lipinski definition) is 1. The Hall–Kier alpha value is -3.03. The summed E-state index contributed by atoms with van der Waals surface area (Å²) in [6.45, 7) is 1.36. The molecule has 1 saturated heterocycles. The Morgan fingerprint density at radius 2 is 1.57 bits per heavy atom. The van der Waals surface area contributed by atoms with E-state index in [2.05, 4.69) is 10.1 Å². The van der Waals surface area contributed by atoms with Crippen LogP contribution in [-0.4, -0.2) is 36.2 Å². The van der Waals surface area contributed by atoms with E-state index in [9.17, 15) is 22.8 Å². The molecule has 0 bridgehead atoms. The van der Waals surface area contributed by atoms with Crippen molar-refractivity contribution >= 4 is 17.5 Å². The lowest BCUT2D eigenvalue weighted by molar-refractivity contribution is -0.274. The molecule has 2 aromatic rings. The summed E-state index contributed by atoms with van der Waals surface area (Å²) in [7, 11) is 0. The van der Waals surface area contributed by atoms with Crippen molar-refractivity contribution in [3.05, 3.63) is 59.7 Å². The summed E-state index contributed by atoms with van der Waals surface area (Å²) in [5.41, 5.74) is 0.892. The highest BCUT2D eigenvalue weighted by Gasteiger charge is 2.31. The minimum atomic E-state index is -4.79. The maximum absolute atomic E-state index is 12.8. The van der Waals surface area contributed by atoms with Gasteiger partial charge in [0.2, 0.25) is 0 Å². The number of benzene rings is 2. The molecule has 0 unspecified atom stereocenters. The van der Waals surface area contributed by atoms with E-state index >= 15 is 0 Å². The Kier molecular flexibility index (Phi) is 5.87. The van der Waals surface area contributed by atoms with E-state index in [1.165, 1.54) is 12.1 Å². The number of halogens is 3. The first kappa shape index (κ1) is 19.7. The number of nitrogens with zero attached hydrogens (tertiary/aromatic N) is 1. The van der Waals surface area contributed by atoms with Crippen LogP contribution in [0.15, 0.2) is 48.5 Å². The molecule has 5 nitrogen and oxygen atoms in total. The Morgan fingerprint density at radius 3 is 2.21 bits per heavy atom. The third-order valence-corrected chi connectivity index (χ3v) is 4.40. The molecule has 0 aromatic heterocycles. The maximum atomic E-state index is 12.8. The molecule has 8 heteroatoms. The molecule has 148 valence electrons. The van der Waals surface area contributed by atoms with Gasteiger partial charge in [0.05, 0.1) is 11.3 Å². The summed E-state index contributed by atoms with van der Waals surface area (Å²) in [5.74, 6) is -1.09. The lowest BCUT2D eigenvalue weighted by atomic mass is 10.1. The molecule has 2 aromatic carbocycles. The van der Waals surface area contributed by atoms with Crippen molar-refractivity contribution in [2.45, 2.75) is 25.6 Å². The van der Waals surface area contributed by atoms with Crippen molar-refractivity contribution in [2.75, 3.05) is 18.4 Å². The van der Waals surface area contributed by atoms with Crippen molar-refractivity contribution in [3.8, 4) is 5.75 Å². The molecule has 1 aliphatic heterocycles. The minimum Gasteiger partial charge on any atom is -0.406 e. The number of alkyl halides is 3. The lowest BCUT2D eigenvalue weighted by Crippen LogP contribution is -2.36. The zero-order chi connectivity index (χ0) is 20.1. The van der Waals surface area contributed by atoms with Crippen LogP contribution in [0.1, 0.15) is 40.0 Å². The molecule has 1 heterocycles. The van der Waals surface area contributed by atoms with Gasteiger partial charge < -0.3 is 15.0 Å². The summed E-state index contributed by atoms with van der Waals surface area (Å²) in [5, 5.41) is 2.67. The van der Waals surface area contributed by atoms with E-state index in [0.29, 0.717) is 24.3 Å². The van der Waals surface area contributed by atoms with Crippen LogP contribution >= 0.6 is 0 Å². The van der Waals surface area contributed by atoms with Gasteiger partial charge in [0.25, 0.3) is 11.8 Å². The number of hydrogen-bond acceptors (Lipinski definition) is 3. The van der Waals surface area contributed by atoms with E-state index in [4.69, 9.17) is 0 Å². The Balaban J connectivity index is 1.73. The number of piperidine rings is 1. The van der Waals surface area contributed by atoms with Crippen molar-refractivity contribution in [1.82, 2.24) is 4.90 Å². The van der Waals surface area contributed by atoms with Gasteiger partial charge in [-0.2, -0.15) is 0 Å². The highest BCUT2D eigenvalue weighted by Crippen LogP contribution is 2.24. The van der Waals surface area contributed by atoms with E-state index in [1.807, 2.05) is 0 Å². The molecule has 3 rings (SSSR count). The molecule has 1 aliphatic rings. The van der Waals surface area contributed by atoms with Crippen LogP contribution in [-0.2, 0) is 0 Å². The Morgan fingerprint density at radius 1 is 0.929 bits per heavy atom. The summed E-state index contributed by atoms with van der Waals surface area (Å²) in [4.78, 5) is 27.0. The van der Waals surface area contributed by atoms with Crippen LogP contribution in [0, 0.1) is 0 Å². The largest absolute Gasteiger partial charge is 0.573 e. The fraction of sp³-hybridized carbons (Fsp3) is 0.300. The predicted octanol–water partition coefficient (Wildman–Crippen LogP) is 4.46. The van der Waals surface area contributed by atoms with Crippen molar-refractivity contribution < 1.29 is 27.5 Å². The predicted molar refractivity (Wildman–Crippen MR) is 97.3 cm³/mol. The molecule has 0 radical (unpaired) electrons. The van der Waals surface area contributed by atoms with Crippen LogP contribution in [0.25, 0.3) is 0 Å². The monoisotopic (exact) mass is 392 g/mol. The van der Waals surface area contributed by atoms with Gasteiger partial charge in [-0.1, -0.05) is 12.1 Å². The fourth-order valence-electron chi connectivity index (χ4n) is 3.05. The van der Waals surface area contributed by atoms with Gasteiger partial charge in [-0.25, -0.2) is 0 Å². The van der Waals surface area contributed by atoms with Gasteiger partial charge in [-0.3, -0.25) is 9.59 Å². The molecule has 1 fully saturated rings. The minimum absolute atomic E-state index is 0.148.